The predicted octanol–water partition coefficient (Wildman–Crippen LogP) is 1.87. The van der Waals surface area contributed by atoms with E-state index >= 15 is 0 Å². The predicted molar refractivity (Wildman–Crippen MR) is 71.7 cm³/mol. The Labute approximate surface area is 104 Å². The average molecular weight is 236 g/mol. The standard InChI is InChI=1S/C14H24N2O/c1-13(17)16-11-7-3-6-10-15-12-14-8-4-2-5-9-14/h2,4-5,8-9,13,15-17H,3,6-7,10-12H2,1H3. The van der Waals surface area contributed by atoms with Crippen molar-refractivity contribution >= 4 is 0 Å². The van der Waals surface area contributed by atoms with Crippen molar-refractivity contribution < 1.29 is 5.11 Å². The Balaban J connectivity index is 1.88. The van der Waals surface area contributed by atoms with Crippen molar-refractivity contribution in [2.24, 2.45) is 0 Å². The van der Waals surface area contributed by atoms with Gasteiger partial charge in [0.15, 0.2) is 0 Å². The van der Waals surface area contributed by atoms with Gasteiger partial charge in [0.1, 0.15) is 6.23 Å². The Kier molecular flexibility index (Phi) is 7.63. The summed E-state index contributed by atoms with van der Waals surface area (Å²) >= 11 is 0. The van der Waals surface area contributed by atoms with E-state index in [1.807, 2.05) is 6.07 Å². The Hall–Kier alpha value is -0.900. The number of unbranched alkanes of at least 4 members (excludes halogenated alkanes) is 2. The molecule has 1 aromatic carbocycles. The third-order valence-corrected chi connectivity index (χ3v) is 2.64. The largest absolute Gasteiger partial charge is 0.379 e. The molecule has 0 aliphatic heterocycles. The first kappa shape index (κ1) is 14.2. The molecule has 1 rings (SSSR count). The van der Waals surface area contributed by atoms with Crippen LogP contribution in [-0.2, 0) is 6.54 Å². The van der Waals surface area contributed by atoms with Gasteiger partial charge < -0.3 is 10.4 Å². The molecule has 96 valence electrons. The zero-order valence-electron chi connectivity index (χ0n) is 10.7. The lowest BCUT2D eigenvalue weighted by Crippen LogP contribution is -2.26. The van der Waals surface area contributed by atoms with Gasteiger partial charge in [-0.2, -0.15) is 0 Å². The number of hydrogen-bond acceptors (Lipinski definition) is 3. The summed E-state index contributed by atoms with van der Waals surface area (Å²) < 4.78 is 0. The van der Waals surface area contributed by atoms with Gasteiger partial charge in [-0.3, -0.25) is 5.32 Å². The van der Waals surface area contributed by atoms with Crippen LogP contribution in [0.5, 0.6) is 0 Å². The third kappa shape index (κ3) is 7.91. The van der Waals surface area contributed by atoms with Crippen LogP contribution in [0.1, 0.15) is 31.7 Å². The second-order valence-electron chi connectivity index (χ2n) is 4.35. The van der Waals surface area contributed by atoms with Crippen LogP contribution in [0.15, 0.2) is 30.3 Å². The number of hydrogen-bond donors (Lipinski definition) is 3. The number of benzene rings is 1. The molecule has 1 unspecified atom stereocenters. The summed E-state index contributed by atoms with van der Waals surface area (Å²) in [7, 11) is 0. The second-order valence-corrected chi connectivity index (χ2v) is 4.35. The van der Waals surface area contributed by atoms with E-state index in [1.165, 1.54) is 18.4 Å². The van der Waals surface area contributed by atoms with Crippen LogP contribution in [0, 0.1) is 0 Å². The molecule has 0 aliphatic carbocycles. The molecule has 0 saturated heterocycles. The summed E-state index contributed by atoms with van der Waals surface area (Å²) in [6, 6.07) is 10.5. The minimum Gasteiger partial charge on any atom is -0.379 e. The maximum atomic E-state index is 9.00. The van der Waals surface area contributed by atoms with Crippen molar-refractivity contribution in [2.75, 3.05) is 13.1 Å². The van der Waals surface area contributed by atoms with Crippen molar-refractivity contribution in [1.82, 2.24) is 10.6 Å². The first-order valence-electron chi connectivity index (χ1n) is 6.45. The van der Waals surface area contributed by atoms with Gasteiger partial charge in [0, 0.05) is 6.54 Å². The molecule has 0 aliphatic rings. The molecule has 1 aromatic rings. The molecule has 0 bridgehead atoms. The molecular formula is C14H24N2O. The molecule has 3 heteroatoms. The van der Waals surface area contributed by atoms with Gasteiger partial charge >= 0.3 is 0 Å². The summed E-state index contributed by atoms with van der Waals surface area (Å²) in [6.07, 6.45) is 3.12. The molecule has 0 aromatic heterocycles. The summed E-state index contributed by atoms with van der Waals surface area (Å²) in [4.78, 5) is 0. The number of aliphatic hydroxyl groups excluding tert-OH is 1. The molecule has 0 spiro atoms. The first-order valence-corrected chi connectivity index (χ1v) is 6.45. The van der Waals surface area contributed by atoms with Crippen LogP contribution in [0.25, 0.3) is 0 Å². The molecular weight excluding hydrogens is 212 g/mol. The zero-order chi connectivity index (χ0) is 12.3. The summed E-state index contributed by atoms with van der Waals surface area (Å²) in [5.74, 6) is 0. The van der Waals surface area contributed by atoms with Crippen molar-refractivity contribution in [2.45, 2.75) is 39.0 Å². The van der Waals surface area contributed by atoms with Gasteiger partial charge in [-0.25, -0.2) is 0 Å². The Bertz CT molecular complexity index is 275. The van der Waals surface area contributed by atoms with E-state index in [1.54, 1.807) is 6.92 Å². The summed E-state index contributed by atoms with van der Waals surface area (Å²) in [6.45, 7) is 4.66. The highest BCUT2D eigenvalue weighted by Crippen LogP contribution is 1.98. The van der Waals surface area contributed by atoms with Crippen LogP contribution >= 0.6 is 0 Å². The lowest BCUT2D eigenvalue weighted by atomic mass is 10.2. The minimum absolute atomic E-state index is 0.383. The van der Waals surface area contributed by atoms with Crippen LogP contribution in [0.3, 0.4) is 0 Å². The molecule has 1 atom stereocenters. The lowest BCUT2D eigenvalue weighted by molar-refractivity contribution is 0.156. The van der Waals surface area contributed by atoms with Crippen LogP contribution < -0.4 is 10.6 Å². The number of rotatable bonds is 9. The van der Waals surface area contributed by atoms with Gasteiger partial charge in [0.25, 0.3) is 0 Å². The van der Waals surface area contributed by atoms with Gasteiger partial charge in [0.05, 0.1) is 0 Å². The van der Waals surface area contributed by atoms with E-state index in [-0.39, 0.29) is 6.23 Å². The third-order valence-electron chi connectivity index (χ3n) is 2.64. The summed E-state index contributed by atoms with van der Waals surface area (Å²) in [5.41, 5.74) is 1.34. The van der Waals surface area contributed by atoms with E-state index in [9.17, 15) is 0 Å². The van der Waals surface area contributed by atoms with Crippen molar-refractivity contribution in [3.63, 3.8) is 0 Å². The maximum Gasteiger partial charge on any atom is 0.102 e. The molecule has 0 radical (unpaired) electrons. The van der Waals surface area contributed by atoms with E-state index < -0.39 is 0 Å². The molecule has 3 nitrogen and oxygen atoms in total. The van der Waals surface area contributed by atoms with Gasteiger partial charge in [-0.1, -0.05) is 36.8 Å². The monoisotopic (exact) mass is 236 g/mol. The molecule has 3 N–H and O–H groups in total. The first-order chi connectivity index (χ1) is 8.29. The van der Waals surface area contributed by atoms with Crippen molar-refractivity contribution in [3.8, 4) is 0 Å². The fourth-order valence-corrected chi connectivity index (χ4v) is 1.69. The summed E-state index contributed by atoms with van der Waals surface area (Å²) in [5, 5.41) is 15.4. The van der Waals surface area contributed by atoms with Crippen LogP contribution in [0.4, 0.5) is 0 Å². The SMILES string of the molecule is CC(O)NCCCCCNCc1ccccc1. The highest BCUT2D eigenvalue weighted by Gasteiger charge is 1.94. The maximum absolute atomic E-state index is 9.00. The topological polar surface area (TPSA) is 44.3 Å². The van der Waals surface area contributed by atoms with E-state index in [4.69, 9.17) is 5.11 Å². The van der Waals surface area contributed by atoms with E-state index in [0.717, 1.165) is 26.1 Å². The van der Waals surface area contributed by atoms with Crippen molar-refractivity contribution in [3.05, 3.63) is 35.9 Å². The van der Waals surface area contributed by atoms with Gasteiger partial charge in [-0.15, -0.1) is 0 Å². The Morgan fingerprint density at radius 1 is 1.06 bits per heavy atom. The highest BCUT2D eigenvalue weighted by molar-refractivity contribution is 5.14. The van der Waals surface area contributed by atoms with E-state index in [0.29, 0.717) is 0 Å². The molecule has 0 fully saturated rings. The molecule has 0 amide bonds. The normalized spacial score (nSPS) is 12.6. The van der Waals surface area contributed by atoms with Crippen molar-refractivity contribution in [1.29, 1.82) is 0 Å². The zero-order valence-corrected chi connectivity index (χ0v) is 10.7. The Morgan fingerprint density at radius 3 is 2.47 bits per heavy atom. The number of nitrogens with one attached hydrogen (secondary N) is 2. The molecule has 0 heterocycles. The van der Waals surface area contributed by atoms with Gasteiger partial charge in [-0.05, 0) is 38.4 Å². The minimum atomic E-state index is -0.383. The van der Waals surface area contributed by atoms with Crippen LogP contribution in [-0.4, -0.2) is 24.4 Å². The Morgan fingerprint density at radius 2 is 1.76 bits per heavy atom. The molecule has 0 saturated carbocycles. The lowest BCUT2D eigenvalue weighted by Gasteiger charge is -2.07. The smallest absolute Gasteiger partial charge is 0.102 e. The molecule has 17 heavy (non-hydrogen) atoms. The van der Waals surface area contributed by atoms with E-state index in [2.05, 4.69) is 34.9 Å². The quantitative estimate of drug-likeness (QED) is 0.453. The highest BCUT2D eigenvalue weighted by atomic mass is 16.3. The average Bonchev–Trinajstić information content (AvgIpc) is 2.33. The number of aliphatic hydroxyl groups is 1. The fraction of sp³-hybridized carbons (Fsp3) is 0.571. The van der Waals surface area contributed by atoms with Gasteiger partial charge in [0.2, 0.25) is 0 Å². The fourth-order valence-electron chi connectivity index (χ4n) is 1.69. The van der Waals surface area contributed by atoms with Crippen LogP contribution in [0.2, 0.25) is 0 Å². The second kappa shape index (κ2) is 9.16.